The van der Waals surface area contributed by atoms with Gasteiger partial charge < -0.3 is 5.32 Å². The van der Waals surface area contributed by atoms with E-state index in [0.717, 1.165) is 8.95 Å². The summed E-state index contributed by atoms with van der Waals surface area (Å²) < 4.78 is 15.2. The number of hydrogen-bond acceptors (Lipinski definition) is 2. The Morgan fingerprint density at radius 3 is 2.53 bits per heavy atom. The maximum absolute atomic E-state index is 13.6. The second kappa shape index (κ2) is 6.18. The molecule has 2 aromatic carbocycles. The van der Waals surface area contributed by atoms with Crippen LogP contribution in [0.25, 0.3) is 0 Å². The van der Waals surface area contributed by atoms with Gasteiger partial charge in [-0.3, -0.25) is 0 Å². The third-order valence-corrected chi connectivity index (χ3v) is 3.57. The average molecular weight is 384 g/mol. The van der Waals surface area contributed by atoms with Crippen LogP contribution in [0.15, 0.2) is 45.3 Å². The number of halogens is 3. The molecule has 0 saturated carbocycles. The molecule has 0 aliphatic heterocycles. The number of nitriles is 1. The van der Waals surface area contributed by atoms with E-state index in [-0.39, 0.29) is 5.82 Å². The van der Waals surface area contributed by atoms with Gasteiger partial charge in [0.15, 0.2) is 0 Å². The van der Waals surface area contributed by atoms with Gasteiger partial charge in [-0.1, -0.05) is 31.9 Å². The Bertz CT molecular complexity index is 650. The lowest BCUT2D eigenvalue weighted by Crippen LogP contribution is -2.03. The van der Waals surface area contributed by atoms with Crippen LogP contribution >= 0.6 is 31.9 Å². The van der Waals surface area contributed by atoms with Crippen LogP contribution in [0.3, 0.4) is 0 Å². The number of nitrogens with one attached hydrogen (secondary N) is 1. The van der Waals surface area contributed by atoms with E-state index in [4.69, 9.17) is 5.26 Å². The molecule has 0 bridgehead atoms. The second-order valence-corrected chi connectivity index (χ2v) is 5.72. The minimum absolute atomic E-state index is 0.272. The van der Waals surface area contributed by atoms with Gasteiger partial charge in [0.1, 0.15) is 11.9 Å². The summed E-state index contributed by atoms with van der Waals surface area (Å²) in [6.07, 6.45) is 0. The lowest BCUT2D eigenvalue weighted by Gasteiger charge is -2.09. The smallest absolute Gasteiger partial charge is 0.128 e. The van der Waals surface area contributed by atoms with Crippen LogP contribution < -0.4 is 5.32 Å². The van der Waals surface area contributed by atoms with Gasteiger partial charge in [0.2, 0.25) is 0 Å². The zero-order valence-corrected chi connectivity index (χ0v) is 12.9. The number of nitrogens with zero attached hydrogens (tertiary/aromatic N) is 1. The molecule has 0 saturated heterocycles. The fourth-order valence-electron chi connectivity index (χ4n) is 1.63. The molecule has 2 aromatic rings. The Morgan fingerprint density at radius 2 is 1.79 bits per heavy atom. The highest BCUT2D eigenvalue weighted by Crippen LogP contribution is 2.22. The molecule has 5 heteroatoms. The summed E-state index contributed by atoms with van der Waals surface area (Å²) in [6, 6.07) is 12.2. The van der Waals surface area contributed by atoms with Gasteiger partial charge in [0.05, 0.1) is 11.3 Å². The quantitative estimate of drug-likeness (QED) is 0.823. The molecule has 96 valence electrons. The molecule has 19 heavy (non-hydrogen) atoms. The van der Waals surface area contributed by atoms with Crippen LogP contribution in [-0.2, 0) is 6.54 Å². The molecule has 0 aliphatic carbocycles. The molecular formula is C14H9Br2FN2. The molecule has 0 spiro atoms. The van der Waals surface area contributed by atoms with Crippen LogP contribution in [0.2, 0.25) is 0 Å². The third-order valence-electron chi connectivity index (χ3n) is 2.58. The number of rotatable bonds is 3. The number of anilines is 1. The summed E-state index contributed by atoms with van der Waals surface area (Å²) in [5, 5.41) is 12.1. The van der Waals surface area contributed by atoms with E-state index in [9.17, 15) is 4.39 Å². The largest absolute Gasteiger partial charge is 0.380 e. The van der Waals surface area contributed by atoms with E-state index in [2.05, 4.69) is 43.2 Å². The van der Waals surface area contributed by atoms with Crippen molar-refractivity contribution in [1.82, 2.24) is 0 Å². The van der Waals surface area contributed by atoms with Crippen molar-refractivity contribution in [2.45, 2.75) is 6.54 Å². The van der Waals surface area contributed by atoms with Crippen LogP contribution in [0, 0.1) is 17.1 Å². The van der Waals surface area contributed by atoms with Gasteiger partial charge >= 0.3 is 0 Å². The first-order valence-corrected chi connectivity index (χ1v) is 7.06. The van der Waals surface area contributed by atoms with Crippen molar-refractivity contribution >= 4 is 37.5 Å². The lowest BCUT2D eigenvalue weighted by molar-refractivity contribution is 0.612. The molecule has 0 heterocycles. The van der Waals surface area contributed by atoms with Crippen molar-refractivity contribution in [2.75, 3.05) is 5.32 Å². The summed E-state index contributed by atoms with van der Waals surface area (Å²) in [5.41, 5.74) is 1.75. The van der Waals surface area contributed by atoms with Gasteiger partial charge in [-0.15, -0.1) is 0 Å². The zero-order chi connectivity index (χ0) is 13.8. The van der Waals surface area contributed by atoms with Crippen LogP contribution in [0.4, 0.5) is 10.1 Å². The lowest BCUT2D eigenvalue weighted by atomic mass is 10.1. The van der Waals surface area contributed by atoms with E-state index < -0.39 is 0 Å². The van der Waals surface area contributed by atoms with E-state index in [1.165, 1.54) is 6.07 Å². The van der Waals surface area contributed by atoms with Crippen molar-refractivity contribution in [2.24, 2.45) is 0 Å². The highest BCUT2D eigenvalue weighted by molar-refractivity contribution is 9.10. The minimum Gasteiger partial charge on any atom is -0.380 e. The normalized spacial score (nSPS) is 10.0. The van der Waals surface area contributed by atoms with Gasteiger partial charge in [0.25, 0.3) is 0 Å². The van der Waals surface area contributed by atoms with Gasteiger partial charge in [0, 0.05) is 21.1 Å². The maximum atomic E-state index is 13.6. The Kier molecular flexibility index (Phi) is 4.56. The summed E-state index contributed by atoms with van der Waals surface area (Å²) in [7, 11) is 0. The summed E-state index contributed by atoms with van der Waals surface area (Å²) >= 11 is 6.62. The van der Waals surface area contributed by atoms with Crippen molar-refractivity contribution in [1.29, 1.82) is 5.26 Å². The van der Waals surface area contributed by atoms with Gasteiger partial charge in [-0.2, -0.15) is 5.26 Å². The maximum Gasteiger partial charge on any atom is 0.128 e. The fourth-order valence-corrected chi connectivity index (χ4v) is 2.40. The van der Waals surface area contributed by atoms with Crippen LogP contribution in [-0.4, -0.2) is 0 Å². The van der Waals surface area contributed by atoms with Gasteiger partial charge in [-0.25, -0.2) is 4.39 Å². The van der Waals surface area contributed by atoms with Gasteiger partial charge in [-0.05, 0) is 36.4 Å². The fraction of sp³-hybridized carbons (Fsp3) is 0.0714. The minimum atomic E-state index is -0.272. The second-order valence-electron chi connectivity index (χ2n) is 3.89. The average Bonchev–Trinajstić information content (AvgIpc) is 2.40. The predicted octanol–water partition coefficient (Wildman–Crippen LogP) is 4.83. The Hall–Kier alpha value is -1.38. The molecule has 1 N–H and O–H groups in total. The van der Waals surface area contributed by atoms with E-state index in [0.29, 0.717) is 23.4 Å². The first-order valence-electron chi connectivity index (χ1n) is 5.47. The molecule has 0 fully saturated rings. The Balaban J connectivity index is 2.19. The van der Waals surface area contributed by atoms with Crippen molar-refractivity contribution in [3.8, 4) is 6.07 Å². The monoisotopic (exact) mass is 382 g/mol. The molecule has 0 amide bonds. The predicted molar refractivity (Wildman–Crippen MR) is 80.3 cm³/mol. The van der Waals surface area contributed by atoms with Crippen molar-refractivity contribution in [3.05, 3.63) is 62.3 Å². The van der Waals surface area contributed by atoms with E-state index >= 15 is 0 Å². The van der Waals surface area contributed by atoms with E-state index in [1.54, 1.807) is 24.3 Å². The van der Waals surface area contributed by atoms with Crippen LogP contribution in [0.5, 0.6) is 0 Å². The zero-order valence-electron chi connectivity index (χ0n) is 9.75. The molecule has 0 unspecified atom stereocenters. The van der Waals surface area contributed by atoms with Crippen molar-refractivity contribution in [3.63, 3.8) is 0 Å². The molecule has 0 aromatic heterocycles. The molecule has 2 rings (SSSR count). The highest BCUT2D eigenvalue weighted by atomic mass is 79.9. The molecule has 0 radical (unpaired) electrons. The Labute approximate surface area is 127 Å². The number of benzene rings is 2. The SMILES string of the molecule is N#Cc1cc(Br)ccc1NCc1cc(Br)ccc1F. The summed E-state index contributed by atoms with van der Waals surface area (Å²) in [6.45, 7) is 0.321. The van der Waals surface area contributed by atoms with E-state index in [1.807, 2.05) is 6.07 Å². The standard InChI is InChI=1S/C14H9Br2FN2/c15-11-1-3-13(17)10(6-11)8-19-14-4-2-12(16)5-9(14)7-18/h1-6,19H,8H2. The molecular weight excluding hydrogens is 375 g/mol. The molecule has 2 nitrogen and oxygen atoms in total. The topological polar surface area (TPSA) is 35.8 Å². The van der Waals surface area contributed by atoms with Crippen LogP contribution in [0.1, 0.15) is 11.1 Å². The highest BCUT2D eigenvalue weighted by Gasteiger charge is 2.06. The molecule has 0 atom stereocenters. The third kappa shape index (κ3) is 3.55. The number of hydrogen-bond donors (Lipinski definition) is 1. The summed E-state index contributed by atoms with van der Waals surface area (Å²) in [5.74, 6) is -0.272. The van der Waals surface area contributed by atoms with Crippen molar-refractivity contribution < 1.29 is 4.39 Å². The Morgan fingerprint density at radius 1 is 1.11 bits per heavy atom. The first kappa shape index (κ1) is 14.0. The first-order chi connectivity index (χ1) is 9.10. The summed E-state index contributed by atoms with van der Waals surface area (Å²) in [4.78, 5) is 0. The molecule has 0 aliphatic rings.